The van der Waals surface area contributed by atoms with Gasteiger partial charge in [-0.3, -0.25) is 0 Å². The van der Waals surface area contributed by atoms with Gasteiger partial charge in [-0.15, -0.1) is 0 Å². The number of rotatable bonds is 4. The van der Waals surface area contributed by atoms with Gasteiger partial charge >= 0.3 is 6.03 Å². The van der Waals surface area contributed by atoms with Crippen molar-refractivity contribution in [3.63, 3.8) is 0 Å². The predicted molar refractivity (Wildman–Crippen MR) is 79.4 cm³/mol. The molecule has 1 heterocycles. The molecule has 5 heteroatoms. The molecule has 1 aromatic carbocycles. The fourth-order valence-corrected chi connectivity index (χ4v) is 2.38. The third-order valence-corrected chi connectivity index (χ3v) is 3.67. The number of ether oxygens (including phenoxy) is 1. The van der Waals surface area contributed by atoms with Crippen molar-refractivity contribution in [3.05, 3.63) is 24.3 Å². The van der Waals surface area contributed by atoms with Gasteiger partial charge in [0.15, 0.2) is 0 Å². The van der Waals surface area contributed by atoms with E-state index in [-0.39, 0.29) is 6.03 Å². The summed E-state index contributed by atoms with van der Waals surface area (Å²) in [4.78, 5) is 15.6. The maximum absolute atomic E-state index is 12.1. The first-order valence-electron chi connectivity index (χ1n) is 7.35. The highest BCUT2D eigenvalue weighted by atomic mass is 16.5. The van der Waals surface area contributed by atoms with Crippen LogP contribution in [0.1, 0.15) is 13.8 Å². The number of benzene rings is 1. The molecule has 0 saturated carbocycles. The molecule has 0 bridgehead atoms. The molecule has 110 valence electrons. The van der Waals surface area contributed by atoms with Crippen LogP contribution in [0.3, 0.4) is 0 Å². The number of hydrogen-bond donors (Lipinski definition) is 2. The Morgan fingerprint density at radius 2 is 1.90 bits per heavy atom. The molecule has 2 N–H and O–H groups in total. The highest BCUT2D eigenvalue weighted by molar-refractivity contribution is 5.89. The van der Waals surface area contributed by atoms with Crippen LogP contribution in [0.2, 0.25) is 0 Å². The van der Waals surface area contributed by atoms with Crippen LogP contribution in [-0.2, 0) is 0 Å². The van der Waals surface area contributed by atoms with E-state index in [0.717, 1.165) is 44.2 Å². The van der Waals surface area contributed by atoms with Crippen molar-refractivity contribution in [1.82, 2.24) is 4.90 Å². The van der Waals surface area contributed by atoms with Crippen LogP contribution < -0.4 is 15.0 Å². The zero-order valence-electron chi connectivity index (χ0n) is 12.3. The summed E-state index contributed by atoms with van der Waals surface area (Å²) in [5, 5.41) is 2.94. The molecule has 1 aliphatic rings. The second-order valence-electron chi connectivity index (χ2n) is 4.98. The Balaban J connectivity index is 1.85. The van der Waals surface area contributed by atoms with Crippen molar-refractivity contribution >= 4 is 11.7 Å². The topological polar surface area (TPSA) is 46.0 Å². The van der Waals surface area contributed by atoms with Crippen molar-refractivity contribution in [2.24, 2.45) is 0 Å². The molecule has 1 aliphatic heterocycles. The van der Waals surface area contributed by atoms with E-state index in [1.165, 1.54) is 0 Å². The predicted octanol–water partition coefficient (Wildman–Crippen LogP) is 0.838. The third kappa shape index (κ3) is 3.87. The number of piperazine rings is 1. The second-order valence-corrected chi connectivity index (χ2v) is 4.98. The second kappa shape index (κ2) is 7.14. The Morgan fingerprint density at radius 3 is 2.45 bits per heavy atom. The van der Waals surface area contributed by atoms with Crippen LogP contribution >= 0.6 is 0 Å². The summed E-state index contributed by atoms with van der Waals surface area (Å²) in [7, 11) is 0. The van der Waals surface area contributed by atoms with Crippen LogP contribution in [0.15, 0.2) is 24.3 Å². The highest BCUT2D eigenvalue weighted by Gasteiger charge is 2.22. The van der Waals surface area contributed by atoms with Gasteiger partial charge in [-0.1, -0.05) is 0 Å². The quantitative estimate of drug-likeness (QED) is 0.857. The minimum Gasteiger partial charge on any atom is -0.494 e. The number of urea groups is 1. The van der Waals surface area contributed by atoms with E-state index >= 15 is 0 Å². The average molecular weight is 278 g/mol. The lowest BCUT2D eigenvalue weighted by molar-refractivity contribution is -0.902. The number of anilines is 1. The minimum atomic E-state index is -0.00990. The van der Waals surface area contributed by atoms with E-state index in [4.69, 9.17) is 4.74 Å². The lowest BCUT2D eigenvalue weighted by Crippen LogP contribution is -3.14. The number of likely N-dealkylation sites (N-methyl/N-ethyl adjacent to an activating group) is 1. The molecule has 0 spiro atoms. The zero-order valence-corrected chi connectivity index (χ0v) is 12.3. The summed E-state index contributed by atoms with van der Waals surface area (Å²) in [6.45, 7) is 9.64. The van der Waals surface area contributed by atoms with Crippen LogP contribution in [0.4, 0.5) is 10.5 Å². The number of hydrogen-bond acceptors (Lipinski definition) is 2. The van der Waals surface area contributed by atoms with Gasteiger partial charge in [0, 0.05) is 5.69 Å². The summed E-state index contributed by atoms with van der Waals surface area (Å²) in [5.41, 5.74) is 0.809. The first kappa shape index (κ1) is 14.7. The standard InChI is InChI=1S/C15H23N3O2/c1-3-17-9-11-18(12-10-17)15(19)16-13-5-7-14(8-6-13)20-4-2/h5-8H,3-4,9-12H2,1-2H3,(H,16,19)/p+1. The van der Waals surface area contributed by atoms with Gasteiger partial charge in [0.25, 0.3) is 0 Å². The van der Waals surface area contributed by atoms with E-state index in [0.29, 0.717) is 6.61 Å². The molecule has 0 aliphatic carbocycles. The van der Waals surface area contributed by atoms with Crippen molar-refractivity contribution in [2.45, 2.75) is 13.8 Å². The van der Waals surface area contributed by atoms with Gasteiger partial charge in [0.2, 0.25) is 0 Å². The maximum atomic E-state index is 12.1. The molecule has 0 aromatic heterocycles. The number of nitrogens with one attached hydrogen (secondary N) is 2. The number of quaternary nitrogens is 1. The molecule has 2 amide bonds. The Morgan fingerprint density at radius 1 is 1.25 bits per heavy atom. The smallest absolute Gasteiger partial charge is 0.322 e. The summed E-state index contributed by atoms with van der Waals surface area (Å²) in [6, 6.07) is 7.48. The first-order chi connectivity index (χ1) is 9.72. The number of carbonyl (C=O) groups is 1. The Labute approximate surface area is 120 Å². The Kier molecular flexibility index (Phi) is 5.24. The van der Waals surface area contributed by atoms with Gasteiger partial charge in [0.05, 0.1) is 39.3 Å². The molecule has 2 rings (SSSR count). The number of nitrogens with zero attached hydrogens (tertiary/aromatic N) is 1. The minimum absolute atomic E-state index is 0.00990. The largest absolute Gasteiger partial charge is 0.494 e. The summed E-state index contributed by atoms with van der Waals surface area (Å²) < 4.78 is 5.38. The summed E-state index contributed by atoms with van der Waals surface area (Å²) >= 11 is 0. The summed E-state index contributed by atoms with van der Waals surface area (Å²) in [6.07, 6.45) is 0. The van der Waals surface area contributed by atoms with Crippen molar-refractivity contribution < 1.29 is 14.4 Å². The molecule has 1 aromatic rings. The molecule has 1 fully saturated rings. The maximum Gasteiger partial charge on any atom is 0.322 e. The average Bonchev–Trinajstić information content (AvgIpc) is 2.49. The molecular formula is C15H24N3O2+. The highest BCUT2D eigenvalue weighted by Crippen LogP contribution is 2.16. The van der Waals surface area contributed by atoms with Crippen LogP contribution in [0.25, 0.3) is 0 Å². The Bertz CT molecular complexity index is 425. The number of amides is 2. The fraction of sp³-hybridized carbons (Fsp3) is 0.533. The van der Waals surface area contributed by atoms with Crippen LogP contribution in [0, 0.1) is 0 Å². The molecular weight excluding hydrogens is 254 g/mol. The molecule has 0 radical (unpaired) electrons. The van der Waals surface area contributed by atoms with E-state index < -0.39 is 0 Å². The molecule has 20 heavy (non-hydrogen) atoms. The third-order valence-electron chi connectivity index (χ3n) is 3.67. The number of carbonyl (C=O) groups excluding carboxylic acids is 1. The van der Waals surface area contributed by atoms with Crippen molar-refractivity contribution in [1.29, 1.82) is 0 Å². The Hall–Kier alpha value is -1.75. The van der Waals surface area contributed by atoms with Crippen molar-refractivity contribution in [3.8, 4) is 5.75 Å². The van der Waals surface area contributed by atoms with E-state index in [1.807, 2.05) is 36.1 Å². The molecule has 0 atom stereocenters. The van der Waals surface area contributed by atoms with Crippen LogP contribution in [-0.4, -0.2) is 50.3 Å². The summed E-state index contributed by atoms with van der Waals surface area (Å²) in [5.74, 6) is 0.825. The van der Waals surface area contributed by atoms with Gasteiger partial charge in [-0.2, -0.15) is 0 Å². The normalized spacial score (nSPS) is 16.0. The molecule has 5 nitrogen and oxygen atoms in total. The van der Waals surface area contributed by atoms with Gasteiger partial charge < -0.3 is 19.9 Å². The van der Waals surface area contributed by atoms with E-state index in [1.54, 1.807) is 4.90 Å². The lowest BCUT2D eigenvalue weighted by atomic mass is 10.3. The SMILES string of the molecule is CCOc1ccc(NC(=O)N2CC[NH+](CC)CC2)cc1. The van der Waals surface area contributed by atoms with E-state index in [9.17, 15) is 4.79 Å². The zero-order chi connectivity index (χ0) is 14.4. The van der Waals surface area contributed by atoms with E-state index in [2.05, 4.69) is 12.2 Å². The van der Waals surface area contributed by atoms with Gasteiger partial charge in [-0.05, 0) is 38.1 Å². The lowest BCUT2D eigenvalue weighted by Gasteiger charge is -2.31. The molecule has 0 unspecified atom stereocenters. The first-order valence-corrected chi connectivity index (χ1v) is 7.35. The monoisotopic (exact) mass is 278 g/mol. The van der Waals surface area contributed by atoms with Gasteiger partial charge in [-0.25, -0.2) is 4.79 Å². The van der Waals surface area contributed by atoms with Gasteiger partial charge in [0.1, 0.15) is 5.75 Å². The fourth-order valence-electron chi connectivity index (χ4n) is 2.38. The molecule has 1 saturated heterocycles. The van der Waals surface area contributed by atoms with Crippen molar-refractivity contribution in [2.75, 3.05) is 44.6 Å². The van der Waals surface area contributed by atoms with Crippen LogP contribution in [0.5, 0.6) is 5.75 Å².